The summed E-state index contributed by atoms with van der Waals surface area (Å²) in [4.78, 5) is 21.7. The van der Waals surface area contributed by atoms with Crippen molar-refractivity contribution in [2.75, 3.05) is 20.1 Å². The zero-order chi connectivity index (χ0) is 11.2. The molecule has 0 unspecified atom stereocenters. The average Bonchev–Trinajstić information content (AvgIpc) is 2.11. The Labute approximate surface area is 84.4 Å². The van der Waals surface area contributed by atoms with Crippen molar-refractivity contribution in [3.63, 3.8) is 0 Å². The zero-order valence-corrected chi connectivity index (χ0v) is 9.02. The first-order valence-corrected chi connectivity index (χ1v) is 4.61. The van der Waals surface area contributed by atoms with E-state index in [1.54, 1.807) is 20.9 Å². The summed E-state index contributed by atoms with van der Waals surface area (Å²) in [5.41, 5.74) is 4.61. The summed E-state index contributed by atoms with van der Waals surface area (Å²) in [6, 6.07) is 0. The van der Waals surface area contributed by atoms with Crippen molar-refractivity contribution in [3.05, 3.63) is 0 Å². The van der Waals surface area contributed by atoms with Gasteiger partial charge in [-0.1, -0.05) is 0 Å². The van der Waals surface area contributed by atoms with Crippen LogP contribution in [0, 0.1) is 5.41 Å². The summed E-state index contributed by atoms with van der Waals surface area (Å²) in [5, 5.41) is 5.53. The van der Waals surface area contributed by atoms with Crippen molar-refractivity contribution in [3.8, 4) is 0 Å². The maximum absolute atomic E-state index is 10.9. The molecule has 0 rings (SSSR count). The van der Waals surface area contributed by atoms with E-state index in [4.69, 9.17) is 5.73 Å². The number of hydrogen-bond acceptors (Lipinski definition) is 3. The van der Waals surface area contributed by atoms with E-state index in [0.29, 0.717) is 19.5 Å². The second kappa shape index (κ2) is 5.59. The fourth-order valence-corrected chi connectivity index (χ4v) is 0.815. The van der Waals surface area contributed by atoms with Gasteiger partial charge < -0.3 is 16.4 Å². The molecule has 0 saturated carbocycles. The molecule has 0 aliphatic carbocycles. The maximum atomic E-state index is 10.9. The van der Waals surface area contributed by atoms with Gasteiger partial charge in [0.1, 0.15) is 0 Å². The quantitative estimate of drug-likeness (QED) is 0.493. The molecule has 5 nitrogen and oxygen atoms in total. The second-order valence-corrected chi connectivity index (χ2v) is 3.85. The van der Waals surface area contributed by atoms with Gasteiger partial charge in [-0.25, -0.2) is 0 Å². The Bertz CT molecular complexity index is 214. The highest BCUT2D eigenvalue weighted by molar-refractivity contribution is 5.80. The number of carbonyl (C=O) groups is 2. The van der Waals surface area contributed by atoms with Gasteiger partial charge in [-0.15, -0.1) is 0 Å². The Morgan fingerprint density at radius 1 is 1.36 bits per heavy atom. The van der Waals surface area contributed by atoms with E-state index in [1.165, 1.54) is 0 Å². The fraction of sp³-hybridized carbons (Fsp3) is 0.778. The second-order valence-electron chi connectivity index (χ2n) is 3.85. The molecule has 0 aromatic carbocycles. The summed E-state index contributed by atoms with van der Waals surface area (Å²) >= 11 is 0. The molecule has 0 fully saturated rings. The van der Waals surface area contributed by atoms with E-state index in [1.807, 2.05) is 0 Å². The van der Waals surface area contributed by atoms with Crippen molar-refractivity contribution in [1.82, 2.24) is 10.6 Å². The average molecular weight is 201 g/mol. The molecule has 0 aliphatic heterocycles. The molecular formula is C9H19N3O2. The molecule has 0 aliphatic rings. The van der Waals surface area contributed by atoms with Crippen LogP contribution in [-0.2, 0) is 9.59 Å². The molecule has 0 radical (unpaired) electrons. The van der Waals surface area contributed by atoms with E-state index < -0.39 is 5.41 Å². The molecule has 0 atom stereocenters. The van der Waals surface area contributed by atoms with Crippen molar-refractivity contribution < 1.29 is 9.59 Å². The molecule has 0 saturated heterocycles. The Morgan fingerprint density at radius 2 is 1.93 bits per heavy atom. The van der Waals surface area contributed by atoms with Crippen molar-refractivity contribution in [1.29, 1.82) is 0 Å². The lowest BCUT2D eigenvalue weighted by molar-refractivity contribution is -0.125. The van der Waals surface area contributed by atoms with Crippen LogP contribution in [0.4, 0.5) is 0 Å². The molecule has 5 heteroatoms. The first-order chi connectivity index (χ1) is 6.40. The third-order valence-electron chi connectivity index (χ3n) is 2.04. The Hall–Kier alpha value is -1.10. The normalized spacial score (nSPS) is 11.1. The van der Waals surface area contributed by atoms with Crippen LogP contribution in [0.25, 0.3) is 0 Å². The number of hydrogen-bond donors (Lipinski definition) is 3. The van der Waals surface area contributed by atoms with Gasteiger partial charge in [-0.3, -0.25) is 9.59 Å². The monoisotopic (exact) mass is 201 g/mol. The summed E-state index contributed by atoms with van der Waals surface area (Å²) in [5.74, 6) is -0.362. The summed E-state index contributed by atoms with van der Waals surface area (Å²) in [7, 11) is 1.59. The molecule has 82 valence electrons. The SMILES string of the molecule is CNC(=O)CCNCC(C)(C)C(N)=O. The predicted octanol–water partition coefficient (Wildman–Crippen LogP) is -0.776. The predicted molar refractivity (Wildman–Crippen MR) is 54.5 cm³/mol. The number of carbonyl (C=O) groups excluding carboxylic acids is 2. The summed E-state index contributed by atoms with van der Waals surface area (Å²) < 4.78 is 0. The van der Waals surface area contributed by atoms with Gasteiger partial charge in [0, 0.05) is 26.6 Å². The number of rotatable bonds is 6. The molecule has 4 N–H and O–H groups in total. The standard InChI is InChI=1S/C9H19N3O2/c1-9(2,8(10)14)6-12-5-4-7(13)11-3/h12H,4-6H2,1-3H3,(H2,10,14)(H,11,13). The molecular weight excluding hydrogens is 182 g/mol. The zero-order valence-electron chi connectivity index (χ0n) is 9.02. The van der Waals surface area contributed by atoms with Crippen LogP contribution in [0.15, 0.2) is 0 Å². The van der Waals surface area contributed by atoms with Crippen LogP contribution >= 0.6 is 0 Å². The third-order valence-corrected chi connectivity index (χ3v) is 2.04. The van der Waals surface area contributed by atoms with Crippen LogP contribution < -0.4 is 16.4 Å². The Morgan fingerprint density at radius 3 is 2.36 bits per heavy atom. The van der Waals surface area contributed by atoms with E-state index in [0.717, 1.165) is 0 Å². The number of amides is 2. The van der Waals surface area contributed by atoms with Gasteiger partial charge in [-0.2, -0.15) is 0 Å². The van der Waals surface area contributed by atoms with Gasteiger partial charge in [0.2, 0.25) is 11.8 Å². The highest BCUT2D eigenvalue weighted by Gasteiger charge is 2.23. The summed E-state index contributed by atoms with van der Waals surface area (Å²) in [6.07, 6.45) is 0.408. The van der Waals surface area contributed by atoms with Gasteiger partial charge >= 0.3 is 0 Å². The van der Waals surface area contributed by atoms with Crippen LogP contribution in [-0.4, -0.2) is 32.0 Å². The molecule has 0 heterocycles. The van der Waals surface area contributed by atoms with E-state index in [9.17, 15) is 9.59 Å². The number of nitrogens with two attached hydrogens (primary N) is 1. The van der Waals surface area contributed by atoms with Crippen LogP contribution in [0.1, 0.15) is 20.3 Å². The molecule has 0 aromatic rings. The minimum absolute atomic E-state index is 0.0191. The van der Waals surface area contributed by atoms with Gasteiger partial charge in [0.05, 0.1) is 5.41 Å². The van der Waals surface area contributed by atoms with Crippen LogP contribution in [0.2, 0.25) is 0 Å². The highest BCUT2D eigenvalue weighted by atomic mass is 16.2. The minimum Gasteiger partial charge on any atom is -0.369 e. The lowest BCUT2D eigenvalue weighted by Gasteiger charge is -2.20. The summed E-state index contributed by atoms with van der Waals surface area (Å²) in [6.45, 7) is 4.57. The van der Waals surface area contributed by atoms with Gasteiger partial charge in [-0.05, 0) is 13.8 Å². The van der Waals surface area contributed by atoms with Crippen LogP contribution in [0.3, 0.4) is 0 Å². The number of primary amides is 1. The Kier molecular flexibility index (Phi) is 5.15. The first-order valence-electron chi connectivity index (χ1n) is 4.61. The molecule has 2 amide bonds. The van der Waals surface area contributed by atoms with Crippen molar-refractivity contribution >= 4 is 11.8 Å². The topological polar surface area (TPSA) is 84.2 Å². The molecule has 0 bridgehead atoms. The molecule has 14 heavy (non-hydrogen) atoms. The van der Waals surface area contributed by atoms with E-state index >= 15 is 0 Å². The maximum Gasteiger partial charge on any atom is 0.224 e. The smallest absolute Gasteiger partial charge is 0.224 e. The first kappa shape index (κ1) is 12.9. The van der Waals surface area contributed by atoms with Gasteiger partial charge in [0.15, 0.2) is 0 Å². The van der Waals surface area contributed by atoms with Gasteiger partial charge in [0.25, 0.3) is 0 Å². The minimum atomic E-state index is -0.567. The third kappa shape index (κ3) is 4.81. The molecule has 0 aromatic heterocycles. The number of nitrogens with one attached hydrogen (secondary N) is 2. The van der Waals surface area contributed by atoms with E-state index in [2.05, 4.69) is 10.6 Å². The van der Waals surface area contributed by atoms with Crippen molar-refractivity contribution in [2.45, 2.75) is 20.3 Å². The highest BCUT2D eigenvalue weighted by Crippen LogP contribution is 2.11. The Balaban J connectivity index is 3.64. The fourth-order valence-electron chi connectivity index (χ4n) is 0.815. The lowest BCUT2D eigenvalue weighted by atomic mass is 9.93. The van der Waals surface area contributed by atoms with E-state index in [-0.39, 0.29) is 11.8 Å². The lowest BCUT2D eigenvalue weighted by Crippen LogP contribution is -2.41. The van der Waals surface area contributed by atoms with Crippen molar-refractivity contribution in [2.24, 2.45) is 11.1 Å². The van der Waals surface area contributed by atoms with Crippen LogP contribution in [0.5, 0.6) is 0 Å². The largest absolute Gasteiger partial charge is 0.369 e. The molecule has 0 spiro atoms.